The van der Waals surface area contributed by atoms with Crippen molar-refractivity contribution in [2.75, 3.05) is 5.06 Å². The maximum Gasteiger partial charge on any atom is 0.408 e. The molecule has 28 heavy (non-hydrogen) atoms. The summed E-state index contributed by atoms with van der Waals surface area (Å²) in [7, 11) is 0. The molecule has 1 aromatic rings. The molecule has 0 saturated carbocycles. The molecule has 0 bridgehead atoms. The first-order valence-corrected chi connectivity index (χ1v) is 9.22. The third-order valence-corrected chi connectivity index (χ3v) is 3.96. The molecule has 7 heteroatoms. The SMILES string of the molecule is CC(C)(C)OC(=O)N[C@]1(C=C=O)CCc2ccccc2N(OC(C)(C)C)C1=O. The van der Waals surface area contributed by atoms with E-state index in [-0.39, 0.29) is 6.42 Å². The zero-order chi connectivity index (χ0) is 21.2. The lowest BCUT2D eigenvalue weighted by atomic mass is 9.91. The number of fused-ring (bicyclic) bond motifs is 1. The number of amides is 2. The van der Waals surface area contributed by atoms with Crippen LogP contribution in [-0.4, -0.2) is 34.7 Å². The molecular formula is C21H28N2O5. The number of nitrogens with zero attached hydrogens (tertiary/aromatic N) is 1. The molecule has 0 radical (unpaired) electrons. The number of benzene rings is 1. The Kier molecular flexibility index (Phi) is 6.02. The van der Waals surface area contributed by atoms with Gasteiger partial charge in [-0.2, -0.15) is 5.06 Å². The fourth-order valence-electron chi connectivity index (χ4n) is 2.89. The van der Waals surface area contributed by atoms with Crippen molar-refractivity contribution in [3.05, 3.63) is 35.9 Å². The summed E-state index contributed by atoms with van der Waals surface area (Å²) in [5.41, 5.74) is -1.62. The van der Waals surface area contributed by atoms with Gasteiger partial charge in [0, 0.05) is 6.08 Å². The molecule has 0 aliphatic carbocycles. The van der Waals surface area contributed by atoms with Crippen LogP contribution in [0.3, 0.4) is 0 Å². The number of alkyl carbamates (subject to hydrolysis) is 1. The highest BCUT2D eigenvalue weighted by Gasteiger charge is 2.46. The van der Waals surface area contributed by atoms with Crippen molar-refractivity contribution in [1.82, 2.24) is 5.32 Å². The summed E-state index contributed by atoms with van der Waals surface area (Å²) < 4.78 is 5.30. The van der Waals surface area contributed by atoms with E-state index in [1.165, 1.54) is 0 Å². The van der Waals surface area contributed by atoms with Crippen LogP contribution in [0.5, 0.6) is 0 Å². The standard InChI is InChI=1S/C21H28N2O5/c1-19(2,3)27-18(26)22-21(13-14-24)12-11-15-9-7-8-10-16(15)23(17(21)25)28-20(4,5)6/h7-10,13H,11-12H2,1-6H3,(H,22,26)/t21-/m0/s1. The second-order valence-corrected chi connectivity index (χ2v) is 8.79. The number of carbonyl (C=O) groups excluding carboxylic acids is 3. The highest BCUT2D eigenvalue weighted by atomic mass is 16.7. The zero-order valence-corrected chi connectivity index (χ0v) is 17.3. The molecule has 1 heterocycles. The lowest BCUT2D eigenvalue weighted by Gasteiger charge is -2.35. The van der Waals surface area contributed by atoms with Gasteiger partial charge >= 0.3 is 6.09 Å². The molecule has 1 aromatic carbocycles. The molecular weight excluding hydrogens is 360 g/mol. The van der Waals surface area contributed by atoms with Gasteiger partial charge in [-0.15, -0.1) is 0 Å². The highest BCUT2D eigenvalue weighted by Crippen LogP contribution is 2.34. The minimum atomic E-state index is -1.63. The highest BCUT2D eigenvalue weighted by molar-refractivity contribution is 6.04. The number of para-hydroxylation sites is 1. The van der Waals surface area contributed by atoms with E-state index in [1.54, 1.807) is 38.8 Å². The van der Waals surface area contributed by atoms with E-state index in [4.69, 9.17) is 9.57 Å². The van der Waals surface area contributed by atoms with Gasteiger partial charge < -0.3 is 10.1 Å². The summed E-state index contributed by atoms with van der Waals surface area (Å²) in [5.74, 6) is 1.08. The smallest absolute Gasteiger partial charge is 0.408 e. The van der Waals surface area contributed by atoms with E-state index >= 15 is 0 Å². The maximum absolute atomic E-state index is 13.5. The van der Waals surface area contributed by atoms with Crippen molar-refractivity contribution in [2.45, 2.75) is 71.1 Å². The predicted octanol–water partition coefficient (Wildman–Crippen LogP) is 3.35. The fourth-order valence-corrected chi connectivity index (χ4v) is 2.89. The van der Waals surface area contributed by atoms with Crippen LogP contribution in [0.2, 0.25) is 0 Å². The Balaban J connectivity index is 2.51. The maximum atomic E-state index is 13.5. The lowest BCUT2D eigenvalue weighted by molar-refractivity contribution is -0.137. The minimum Gasteiger partial charge on any atom is -0.444 e. The molecule has 0 fully saturated rings. The first kappa shape index (κ1) is 21.7. The van der Waals surface area contributed by atoms with Crippen LogP contribution in [-0.2, 0) is 25.6 Å². The number of rotatable bonds is 3. The topological polar surface area (TPSA) is 84.9 Å². The van der Waals surface area contributed by atoms with Gasteiger partial charge in [0.05, 0.1) is 11.3 Å². The Hall–Kier alpha value is -2.63. The van der Waals surface area contributed by atoms with E-state index in [0.717, 1.165) is 16.7 Å². The lowest BCUT2D eigenvalue weighted by Crippen LogP contribution is -2.59. The fraction of sp³-hybridized carbons (Fsp3) is 0.524. The molecule has 0 aromatic heterocycles. The number of carbonyl (C=O) groups is 2. The van der Waals surface area contributed by atoms with E-state index in [1.807, 2.05) is 32.9 Å². The van der Waals surface area contributed by atoms with E-state index in [9.17, 15) is 14.4 Å². The summed E-state index contributed by atoms with van der Waals surface area (Å²) in [6, 6.07) is 7.32. The van der Waals surface area contributed by atoms with Crippen LogP contribution in [0.15, 0.2) is 30.3 Å². The van der Waals surface area contributed by atoms with Crippen LogP contribution in [0, 0.1) is 0 Å². The molecule has 2 rings (SSSR count). The number of aryl methyl sites for hydroxylation is 1. The van der Waals surface area contributed by atoms with Crippen molar-refractivity contribution in [3.8, 4) is 0 Å². The van der Waals surface area contributed by atoms with Crippen LogP contribution < -0.4 is 10.4 Å². The van der Waals surface area contributed by atoms with Crippen molar-refractivity contribution in [3.63, 3.8) is 0 Å². The van der Waals surface area contributed by atoms with Gasteiger partial charge in [0.1, 0.15) is 11.5 Å². The minimum absolute atomic E-state index is 0.168. The van der Waals surface area contributed by atoms with Gasteiger partial charge in [0.15, 0.2) is 5.54 Å². The number of nitrogens with one attached hydrogen (secondary N) is 1. The van der Waals surface area contributed by atoms with Crippen LogP contribution in [0.1, 0.15) is 53.5 Å². The van der Waals surface area contributed by atoms with Gasteiger partial charge in [-0.05, 0) is 66.0 Å². The number of hydrogen-bond donors (Lipinski definition) is 1. The van der Waals surface area contributed by atoms with Crippen LogP contribution >= 0.6 is 0 Å². The molecule has 0 unspecified atom stereocenters. The first-order valence-electron chi connectivity index (χ1n) is 9.22. The van der Waals surface area contributed by atoms with Gasteiger partial charge in [-0.25, -0.2) is 9.59 Å². The normalized spacial score (nSPS) is 19.9. The Morgan fingerprint density at radius 1 is 1.18 bits per heavy atom. The van der Waals surface area contributed by atoms with Gasteiger partial charge in [0.2, 0.25) is 0 Å². The van der Waals surface area contributed by atoms with Gasteiger partial charge in [-0.3, -0.25) is 9.63 Å². The van der Waals surface area contributed by atoms with Gasteiger partial charge in [0.25, 0.3) is 5.91 Å². The van der Waals surface area contributed by atoms with Crippen molar-refractivity contribution >= 4 is 23.6 Å². The van der Waals surface area contributed by atoms with Crippen molar-refractivity contribution < 1.29 is 24.0 Å². The largest absolute Gasteiger partial charge is 0.444 e. The average Bonchev–Trinajstić information content (AvgIpc) is 2.64. The molecule has 0 spiro atoms. The summed E-state index contributed by atoms with van der Waals surface area (Å²) in [6.07, 6.45) is 0.847. The summed E-state index contributed by atoms with van der Waals surface area (Å²) in [4.78, 5) is 43.2. The number of hydrogen-bond acceptors (Lipinski definition) is 5. The first-order chi connectivity index (χ1) is 12.9. The van der Waals surface area contributed by atoms with Gasteiger partial charge in [-0.1, -0.05) is 18.2 Å². The summed E-state index contributed by atoms with van der Waals surface area (Å²) in [6.45, 7) is 10.6. The quantitative estimate of drug-likeness (QED) is 0.803. The number of ether oxygens (including phenoxy) is 1. The summed E-state index contributed by atoms with van der Waals surface area (Å²) >= 11 is 0. The second kappa shape index (κ2) is 7.78. The molecule has 7 nitrogen and oxygen atoms in total. The molecule has 1 aliphatic rings. The molecule has 1 N–H and O–H groups in total. The second-order valence-electron chi connectivity index (χ2n) is 8.79. The molecule has 0 saturated heterocycles. The molecule has 152 valence electrons. The molecule has 2 amide bonds. The Bertz CT molecular complexity index is 800. The third kappa shape index (κ3) is 5.21. The van der Waals surface area contributed by atoms with E-state index in [0.29, 0.717) is 12.1 Å². The average molecular weight is 388 g/mol. The third-order valence-electron chi connectivity index (χ3n) is 3.96. The van der Waals surface area contributed by atoms with Crippen molar-refractivity contribution in [1.29, 1.82) is 0 Å². The molecule has 1 aliphatic heterocycles. The zero-order valence-electron chi connectivity index (χ0n) is 17.3. The van der Waals surface area contributed by atoms with Crippen molar-refractivity contribution in [2.24, 2.45) is 0 Å². The van der Waals surface area contributed by atoms with Crippen LogP contribution in [0.25, 0.3) is 0 Å². The number of anilines is 1. The summed E-state index contributed by atoms with van der Waals surface area (Å²) in [5, 5.41) is 3.74. The monoisotopic (exact) mass is 388 g/mol. The van der Waals surface area contributed by atoms with Crippen LogP contribution in [0.4, 0.5) is 10.5 Å². The number of hydroxylamine groups is 1. The van der Waals surface area contributed by atoms with E-state index < -0.39 is 28.7 Å². The Labute approximate surface area is 165 Å². The Morgan fingerprint density at radius 2 is 1.82 bits per heavy atom. The Morgan fingerprint density at radius 3 is 2.39 bits per heavy atom. The van der Waals surface area contributed by atoms with E-state index in [2.05, 4.69) is 5.32 Å². The molecule has 1 atom stereocenters. The predicted molar refractivity (Wildman–Crippen MR) is 105 cm³/mol.